The second-order valence-electron chi connectivity index (χ2n) is 12.9. The molecular weight excluding hydrogens is 635 g/mol. The van der Waals surface area contributed by atoms with E-state index in [2.05, 4.69) is 84.5 Å². The van der Waals surface area contributed by atoms with Gasteiger partial charge in [-0.15, -0.1) is 11.3 Å². The van der Waals surface area contributed by atoms with Gasteiger partial charge >= 0.3 is 6.09 Å². The van der Waals surface area contributed by atoms with Crippen LogP contribution >= 0.6 is 11.3 Å². The number of amides is 2. The Hall–Kier alpha value is -4.59. The summed E-state index contributed by atoms with van der Waals surface area (Å²) in [6, 6.07) is 26.8. The normalized spacial score (nSPS) is 15.5. The number of nitro groups is 1. The highest BCUT2D eigenvalue weighted by Gasteiger charge is 2.52. The third-order valence-electron chi connectivity index (χ3n) is 8.59. The summed E-state index contributed by atoms with van der Waals surface area (Å²) in [6.07, 6.45) is -0.471. The summed E-state index contributed by atoms with van der Waals surface area (Å²) in [5.74, 6) is -0.281. The van der Waals surface area contributed by atoms with Crippen molar-refractivity contribution < 1.29 is 23.7 Å². The number of hydrogen-bond donors (Lipinski definition) is 1. The monoisotopic (exact) mass is 671 g/mol. The first-order valence-electron chi connectivity index (χ1n) is 15.5. The number of hydrogen-bond acceptors (Lipinski definition) is 9. The van der Waals surface area contributed by atoms with Crippen molar-refractivity contribution in [1.29, 1.82) is 0 Å². The Morgan fingerprint density at radius 3 is 2.11 bits per heavy atom. The molecule has 11 nitrogen and oxygen atoms in total. The van der Waals surface area contributed by atoms with Crippen LogP contribution in [-0.4, -0.2) is 73.4 Å². The Kier molecular flexibility index (Phi) is 9.13. The molecule has 0 bridgehead atoms. The molecule has 0 saturated carbocycles. The molecule has 244 valence electrons. The summed E-state index contributed by atoms with van der Waals surface area (Å²) >= 11 is 1.43. The van der Waals surface area contributed by atoms with Gasteiger partial charge in [-0.1, -0.05) is 81.4 Å². The highest BCUT2D eigenvalue weighted by molar-refractivity contribution is 7.14. The van der Waals surface area contributed by atoms with Gasteiger partial charge in [-0.05, 0) is 33.1 Å². The first-order chi connectivity index (χ1) is 22.5. The van der Waals surface area contributed by atoms with E-state index in [1.54, 1.807) is 17.5 Å². The quantitative estimate of drug-likeness (QED) is 0.148. The zero-order valence-corrected chi connectivity index (χ0v) is 28.3. The molecule has 2 aliphatic rings. The summed E-state index contributed by atoms with van der Waals surface area (Å²) in [7, 11) is -2.65. The number of rotatable bonds is 10. The van der Waals surface area contributed by atoms with Gasteiger partial charge in [-0.3, -0.25) is 14.9 Å². The minimum Gasteiger partial charge on any atom is -0.445 e. The fourth-order valence-corrected chi connectivity index (χ4v) is 11.5. The number of likely N-dealkylation sites (tertiary alicyclic amines) is 1. The lowest BCUT2D eigenvalue weighted by Gasteiger charge is -2.49. The Bertz CT molecular complexity index is 1680. The number of nitro benzene ring substituents is 1. The number of benzene rings is 3. The van der Waals surface area contributed by atoms with Crippen molar-refractivity contribution in [3.8, 4) is 0 Å². The largest absolute Gasteiger partial charge is 0.445 e. The van der Waals surface area contributed by atoms with Gasteiger partial charge in [0.25, 0.3) is 19.9 Å². The van der Waals surface area contributed by atoms with Gasteiger partial charge in [0, 0.05) is 43.7 Å². The molecule has 3 heterocycles. The molecule has 2 saturated heterocycles. The maximum Gasteiger partial charge on any atom is 0.410 e. The van der Waals surface area contributed by atoms with E-state index in [4.69, 9.17) is 9.16 Å². The van der Waals surface area contributed by atoms with Gasteiger partial charge in [0.15, 0.2) is 5.13 Å². The third kappa shape index (κ3) is 6.78. The highest BCUT2D eigenvalue weighted by Crippen LogP contribution is 2.39. The highest BCUT2D eigenvalue weighted by atomic mass is 32.1. The lowest BCUT2D eigenvalue weighted by atomic mass is 10.1. The van der Waals surface area contributed by atoms with E-state index in [0.29, 0.717) is 37.4 Å². The lowest BCUT2D eigenvalue weighted by Crippen LogP contribution is -2.70. The second-order valence-corrected chi connectivity index (χ2v) is 18.0. The Labute approximate surface area is 278 Å². The maximum atomic E-state index is 12.9. The van der Waals surface area contributed by atoms with Crippen LogP contribution in [0.2, 0.25) is 5.04 Å². The molecule has 0 unspecified atom stereocenters. The number of non-ortho nitro benzene ring substituents is 1. The van der Waals surface area contributed by atoms with Crippen LogP contribution < -0.4 is 20.6 Å². The molecule has 0 atom stereocenters. The van der Waals surface area contributed by atoms with E-state index in [1.807, 2.05) is 12.1 Å². The molecule has 47 heavy (non-hydrogen) atoms. The molecule has 1 aromatic heterocycles. The van der Waals surface area contributed by atoms with E-state index in [-0.39, 0.29) is 35.4 Å². The molecule has 4 aromatic rings. The summed E-state index contributed by atoms with van der Waals surface area (Å²) in [5, 5.41) is 18.7. The average molecular weight is 672 g/mol. The zero-order valence-electron chi connectivity index (χ0n) is 26.5. The number of nitrogens with one attached hydrogen (secondary N) is 1. The topological polar surface area (TPSA) is 127 Å². The number of thiazole rings is 1. The number of ether oxygens (including phenoxy) is 1. The molecular formula is C34H37N5O6SSi. The summed E-state index contributed by atoms with van der Waals surface area (Å²) in [4.78, 5) is 43.9. The fourth-order valence-electron chi connectivity index (χ4n) is 6.05. The van der Waals surface area contributed by atoms with Gasteiger partial charge in [-0.2, -0.15) is 0 Å². The van der Waals surface area contributed by atoms with Crippen LogP contribution in [0.5, 0.6) is 0 Å². The van der Waals surface area contributed by atoms with Crippen LogP contribution in [0.1, 0.15) is 36.8 Å². The van der Waals surface area contributed by atoms with E-state index >= 15 is 0 Å². The second kappa shape index (κ2) is 13.3. The van der Waals surface area contributed by atoms with Gasteiger partial charge in [0.2, 0.25) is 0 Å². The van der Waals surface area contributed by atoms with E-state index < -0.39 is 19.3 Å². The molecule has 2 amide bonds. The van der Waals surface area contributed by atoms with E-state index in [9.17, 15) is 19.7 Å². The molecule has 13 heteroatoms. The predicted octanol–water partition coefficient (Wildman–Crippen LogP) is 4.57. The first-order valence-corrected chi connectivity index (χ1v) is 18.3. The Morgan fingerprint density at radius 2 is 1.55 bits per heavy atom. The van der Waals surface area contributed by atoms with Crippen molar-refractivity contribution in [1.82, 2.24) is 15.2 Å². The number of aromatic nitrogens is 1. The summed E-state index contributed by atoms with van der Waals surface area (Å²) < 4.78 is 12.5. The zero-order chi connectivity index (χ0) is 33.2. The van der Waals surface area contributed by atoms with Crippen LogP contribution in [0, 0.1) is 10.1 Å². The average Bonchev–Trinajstić information content (AvgIpc) is 3.51. The van der Waals surface area contributed by atoms with Crippen LogP contribution in [0.3, 0.4) is 0 Å². The predicted molar refractivity (Wildman–Crippen MR) is 183 cm³/mol. The number of carbonyl (C=O) groups is 2. The van der Waals surface area contributed by atoms with Crippen molar-refractivity contribution >= 4 is 52.8 Å². The van der Waals surface area contributed by atoms with Crippen molar-refractivity contribution in [3.63, 3.8) is 0 Å². The van der Waals surface area contributed by atoms with Crippen LogP contribution in [-0.2, 0) is 15.8 Å². The van der Waals surface area contributed by atoms with Crippen molar-refractivity contribution in [2.45, 2.75) is 44.6 Å². The number of anilines is 1. The molecule has 3 aromatic carbocycles. The smallest absolute Gasteiger partial charge is 0.410 e. The minimum atomic E-state index is -2.65. The molecule has 1 N–H and O–H groups in total. The van der Waals surface area contributed by atoms with Crippen LogP contribution in [0.15, 0.2) is 90.3 Å². The van der Waals surface area contributed by atoms with E-state index in [0.717, 1.165) is 5.13 Å². The number of nitrogens with zero attached hydrogens (tertiary/aromatic N) is 4. The van der Waals surface area contributed by atoms with E-state index in [1.165, 1.54) is 38.7 Å². The minimum absolute atomic E-state index is 0.00619. The molecule has 0 spiro atoms. The van der Waals surface area contributed by atoms with Gasteiger partial charge in [0.05, 0.1) is 17.1 Å². The van der Waals surface area contributed by atoms with Gasteiger partial charge in [-0.25, -0.2) is 9.78 Å². The summed E-state index contributed by atoms with van der Waals surface area (Å²) in [6.45, 7) is 8.86. The Balaban J connectivity index is 1.00. The summed E-state index contributed by atoms with van der Waals surface area (Å²) in [5.41, 5.74) is 0.973. The van der Waals surface area contributed by atoms with Crippen LogP contribution in [0.4, 0.5) is 15.6 Å². The number of carbonyl (C=O) groups excluding carboxylic acids is 2. The van der Waals surface area contributed by atoms with Gasteiger partial charge < -0.3 is 24.3 Å². The Morgan fingerprint density at radius 1 is 0.957 bits per heavy atom. The van der Waals surface area contributed by atoms with Crippen molar-refractivity contribution in [3.05, 3.63) is 112 Å². The SMILES string of the molecule is CC(C)(C)[Si](OC1CN(c2nc(C(=O)NC3CN(C(=O)OCc4ccc([N+](=O)[O-])cc4)C3)cs2)C1)(c1ccccc1)c1ccccc1. The van der Waals surface area contributed by atoms with Crippen molar-refractivity contribution in [2.75, 3.05) is 31.1 Å². The van der Waals surface area contributed by atoms with Gasteiger partial charge in [0.1, 0.15) is 12.3 Å². The fraction of sp³-hybridized carbons (Fsp3) is 0.324. The first kappa shape index (κ1) is 32.4. The lowest BCUT2D eigenvalue weighted by molar-refractivity contribution is -0.384. The molecule has 2 aliphatic heterocycles. The standard InChI is InChI=1S/C34H37N5O6SSi/c1-34(2,3)47(28-10-6-4-7-11-28,29-12-8-5-9-13-29)45-27-20-37(21-27)32-36-30(23-46-32)31(40)35-25-18-38(19-25)33(41)44-22-24-14-16-26(17-15-24)39(42)43/h4-17,23,25,27H,18-22H2,1-3H3,(H,35,40). The molecule has 0 radical (unpaired) electrons. The maximum absolute atomic E-state index is 12.9. The molecule has 0 aliphatic carbocycles. The van der Waals surface area contributed by atoms with Crippen molar-refractivity contribution in [2.24, 2.45) is 0 Å². The van der Waals surface area contributed by atoms with Crippen LogP contribution in [0.25, 0.3) is 0 Å². The molecule has 2 fully saturated rings. The molecule has 6 rings (SSSR count). The third-order valence-corrected chi connectivity index (χ3v) is 14.6.